The van der Waals surface area contributed by atoms with E-state index in [0.717, 1.165) is 22.3 Å². The zero-order chi connectivity index (χ0) is 20.6. The highest BCUT2D eigenvalue weighted by Crippen LogP contribution is 2.20. The maximum atomic E-state index is 11.7. The second-order valence-corrected chi connectivity index (χ2v) is 6.91. The Kier molecular flexibility index (Phi) is 6.76. The van der Waals surface area contributed by atoms with Crippen LogP contribution < -0.4 is 5.32 Å². The summed E-state index contributed by atoms with van der Waals surface area (Å²) < 4.78 is 0. The molecule has 0 amide bonds. The summed E-state index contributed by atoms with van der Waals surface area (Å²) in [5, 5.41) is 21.9. The summed E-state index contributed by atoms with van der Waals surface area (Å²) in [6.45, 7) is 0. The minimum absolute atomic E-state index is 0.197. The van der Waals surface area contributed by atoms with Crippen LogP contribution in [0.1, 0.15) is 11.1 Å². The summed E-state index contributed by atoms with van der Waals surface area (Å²) in [4.78, 5) is 23.4. The molecule has 3 aromatic carbocycles. The molecule has 0 fully saturated rings. The third-order valence-electron chi connectivity index (χ3n) is 4.78. The van der Waals surface area contributed by atoms with E-state index in [2.05, 4.69) is 5.32 Å². The maximum absolute atomic E-state index is 11.7. The standard InChI is InChI=1S/C24H23NO4/c26-23(27)21(15-17-7-3-1-4-8-17)25-22(24(28)29)16-18-11-13-20(14-12-18)19-9-5-2-6-10-19/h1-14,21-22,25H,15-16H2,(H,26,27)(H,28,29)/t21-,22?/m0/s1. The van der Waals surface area contributed by atoms with Crippen LogP contribution in [-0.2, 0) is 22.4 Å². The molecule has 2 atom stereocenters. The van der Waals surface area contributed by atoms with Crippen LogP contribution in [0.25, 0.3) is 11.1 Å². The first-order chi connectivity index (χ1) is 14.0. The van der Waals surface area contributed by atoms with Gasteiger partial charge in [0.05, 0.1) is 0 Å². The van der Waals surface area contributed by atoms with Crippen molar-refractivity contribution in [2.75, 3.05) is 0 Å². The Morgan fingerprint density at radius 3 is 1.52 bits per heavy atom. The van der Waals surface area contributed by atoms with Gasteiger partial charge in [-0.1, -0.05) is 84.9 Å². The fourth-order valence-corrected chi connectivity index (χ4v) is 3.23. The van der Waals surface area contributed by atoms with E-state index in [1.54, 1.807) is 0 Å². The van der Waals surface area contributed by atoms with Gasteiger partial charge >= 0.3 is 11.9 Å². The van der Waals surface area contributed by atoms with Crippen LogP contribution in [0.4, 0.5) is 0 Å². The molecule has 29 heavy (non-hydrogen) atoms. The van der Waals surface area contributed by atoms with E-state index in [9.17, 15) is 19.8 Å². The first kappa shape index (κ1) is 20.3. The fraction of sp³-hybridized carbons (Fsp3) is 0.167. The van der Waals surface area contributed by atoms with Crippen molar-refractivity contribution in [2.45, 2.75) is 24.9 Å². The molecule has 1 unspecified atom stereocenters. The molecule has 0 spiro atoms. The molecule has 3 aromatic rings. The smallest absolute Gasteiger partial charge is 0.321 e. The van der Waals surface area contributed by atoms with E-state index in [1.165, 1.54) is 0 Å². The SMILES string of the molecule is O=C(O)C(Cc1ccc(-c2ccccc2)cc1)N[C@@H](Cc1ccccc1)C(=O)O. The lowest BCUT2D eigenvalue weighted by Crippen LogP contribution is -2.49. The van der Waals surface area contributed by atoms with Crippen LogP contribution in [0.15, 0.2) is 84.9 Å². The Bertz CT molecular complexity index is 940. The zero-order valence-corrected chi connectivity index (χ0v) is 15.9. The van der Waals surface area contributed by atoms with Crippen molar-refractivity contribution in [1.82, 2.24) is 5.32 Å². The van der Waals surface area contributed by atoms with Gasteiger partial charge in [-0.2, -0.15) is 0 Å². The molecule has 0 bridgehead atoms. The Labute approximate surface area is 169 Å². The third kappa shape index (κ3) is 5.77. The number of aliphatic carboxylic acids is 2. The summed E-state index contributed by atoms with van der Waals surface area (Å²) in [5.41, 5.74) is 3.79. The molecule has 0 aliphatic rings. The fourth-order valence-electron chi connectivity index (χ4n) is 3.23. The molecule has 0 aliphatic heterocycles. The number of carboxylic acids is 2. The minimum Gasteiger partial charge on any atom is -0.480 e. The molecular weight excluding hydrogens is 366 g/mol. The molecule has 0 aliphatic carbocycles. The van der Waals surface area contributed by atoms with Crippen molar-refractivity contribution in [3.8, 4) is 11.1 Å². The van der Waals surface area contributed by atoms with Crippen molar-refractivity contribution in [2.24, 2.45) is 0 Å². The van der Waals surface area contributed by atoms with Crippen molar-refractivity contribution in [3.63, 3.8) is 0 Å². The van der Waals surface area contributed by atoms with Crippen LogP contribution in [0, 0.1) is 0 Å². The van der Waals surface area contributed by atoms with Crippen molar-refractivity contribution >= 4 is 11.9 Å². The van der Waals surface area contributed by atoms with E-state index < -0.39 is 24.0 Å². The van der Waals surface area contributed by atoms with Gasteiger partial charge in [0, 0.05) is 0 Å². The first-order valence-electron chi connectivity index (χ1n) is 9.43. The highest BCUT2D eigenvalue weighted by molar-refractivity contribution is 5.78. The normalized spacial score (nSPS) is 12.8. The Hall–Kier alpha value is -3.44. The van der Waals surface area contributed by atoms with Gasteiger partial charge < -0.3 is 10.2 Å². The second-order valence-electron chi connectivity index (χ2n) is 6.91. The lowest BCUT2D eigenvalue weighted by Gasteiger charge is -2.21. The molecule has 0 radical (unpaired) electrons. The van der Waals surface area contributed by atoms with Gasteiger partial charge in [-0.25, -0.2) is 0 Å². The Balaban J connectivity index is 1.70. The van der Waals surface area contributed by atoms with Crippen LogP contribution >= 0.6 is 0 Å². The van der Waals surface area contributed by atoms with E-state index in [-0.39, 0.29) is 12.8 Å². The summed E-state index contributed by atoms with van der Waals surface area (Å²) >= 11 is 0. The van der Waals surface area contributed by atoms with Gasteiger partial charge in [0.15, 0.2) is 0 Å². The van der Waals surface area contributed by atoms with Crippen LogP contribution in [0.5, 0.6) is 0 Å². The van der Waals surface area contributed by atoms with Gasteiger partial charge in [-0.05, 0) is 35.1 Å². The quantitative estimate of drug-likeness (QED) is 0.520. The van der Waals surface area contributed by atoms with E-state index in [0.29, 0.717) is 0 Å². The predicted molar refractivity (Wildman–Crippen MR) is 112 cm³/mol. The van der Waals surface area contributed by atoms with Crippen LogP contribution in [0.2, 0.25) is 0 Å². The molecule has 0 heterocycles. The Morgan fingerprint density at radius 1 is 0.621 bits per heavy atom. The van der Waals surface area contributed by atoms with Crippen molar-refractivity contribution in [1.29, 1.82) is 0 Å². The highest BCUT2D eigenvalue weighted by Gasteiger charge is 2.26. The molecule has 3 rings (SSSR count). The molecule has 0 saturated carbocycles. The van der Waals surface area contributed by atoms with Gasteiger partial charge in [0.2, 0.25) is 0 Å². The molecule has 5 nitrogen and oxygen atoms in total. The number of rotatable bonds is 9. The maximum Gasteiger partial charge on any atom is 0.321 e. The third-order valence-corrected chi connectivity index (χ3v) is 4.78. The van der Waals surface area contributed by atoms with E-state index in [4.69, 9.17) is 0 Å². The summed E-state index contributed by atoms with van der Waals surface area (Å²) in [7, 11) is 0. The van der Waals surface area contributed by atoms with Gasteiger partial charge in [0.1, 0.15) is 12.1 Å². The monoisotopic (exact) mass is 389 g/mol. The topological polar surface area (TPSA) is 86.6 Å². The van der Waals surface area contributed by atoms with Crippen LogP contribution in [-0.4, -0.2) is 34.2 Å². The minimum atomic E-state index is -1.07. The number of hydrogen-bond acceptors (Lipinski definition) is 3. The number of nitrogens with one attached hydrogen (secondary N) is 1. The molecule has 3 N–H and O–H groups in total. The van der Waals surface area contributed by atoms with Gasteiger partial charge in [0.25, 0.3) is 0 Å². The largest absolute Gasteiger partial charge is 0.480 e. The first-order valence-corrected chi connectivity index (χ1v) is 9.43. The summed E-state index contributed by atoms with van der Waals surface area (Å²) in [6, 6.07) is 24.8. The van der Waals surface area contributed by atoms with Crippen molar-refractivity contribution in [3.05, 3.63) is 96.1 Å². The van der Waals surface area contributed by atoms with E-state index >= 15 is 0 Å². The Morgan fingerprint density at radius 2 is 1.03 bits per heavy atom. The average Bonchev–Trinajstić information content (AvgIpc) is 2.74. The summed E-state index contributed by atoms with van der Waals surface area (Å²) in [5.74, 6) is -2.14. The average molecular weight is 389 g/mol. The van der Waals surface area contributed by atoms with Crippen LogP contribution in [0.3, 0.4) is 0 Å². The number of carboxylic acid groups (broad SMARTS) is 2. The van der Waals surface area contributed by atoms with Gasteiger partial charge in [-0.3, -0.25) is 14.9 Å². The molecule has 148 valence electrons. The lowest BCUT2D eigenvalue weighted by atomic mass is 9.99. The molecule has 5 heteroatoms. The zero-order valence-electron chi connectivity index (χ0n) is 15.9. The van der Waals surface area contributed by atoms with E-state index in [1.807, 2.05) is 84.9 Å². The van der Waals surface area contributed by atoms with Crippen molar-refractivity contribution < 1.29 is 19.8 Å². The number of hydrogen-bond donors (Lipinski definition) is 3. The molecular formula is C24H23NO4. The summed E-state index contributed by atoms with van der Waals surface area (Å²) in [6.07, 6.45) is 0.413. The lowest BCUT2D eigenvalue weighted by molar-refractivity contribution is -0.142. The molecule has 0 aromatic heterocycles. The number of carbonyl (C=O) groups is 2. The molecule has 0 saturated heterocycles. The predicted octanol–water partition coefficient (Wildman–Crippen LogP) is 3.63. The van der Waals surface area contributed by atoms with Gasteiger partial charge in [-0.15, -0.1) is 0 Å². The highest BCUT2D eigenvalue weighted by atomic mass is 16.4. The second kappa shape index (κ2) is 9.66. The number of benzene rings is 3.